The predicted molar refractivity (Wildman–Crippen MR) is 103 cm³/mol. The summed E-state index contributed by atoms with van der Waals surface area (Å²) < 4.78 is 21.0. The average Bonchev–Trinajstić information content (AvgIpc) is 3.25. The van der Waals surface area contributed by atoms with Gasteiger partial charge in [-0.25, -0.2) is 9.59 Å². The van der Waals surface area contributed by atoms with Crippen LogP contribution in [0.15, 0.2) is 54.6 Å². The van der Waals surface area contributed by atoms with Gasteiger partial charge >= 0.3 is 11.9 Å². The van der Waals surface area contributed by atoms with E-state index in [-0.39, 0.29) is 12.7 Å². The molecule has 0 aromatic heterocycles. The van der Waals surface area contributed by atoms with Crippen LogP contribution >= 0.6 is 0 Å². The first-order chi connectivity index (χ1) is 13.6. The number of carbonyl (C=O) groups excluding carboxylic acids is 2. The number of hydrogen-bond donors (Lipinski definition) is 0. The highest BCUT2D eigenvalue weighted by Crippen LogP contribution is 2.16. The first-order valence-electron chi connectivity index (χ1n) is 9.07. The molecule has 1 unspecified atom stereocenters. The molecule has 0 saturated carbocycles. The van der Waals surface area contributed by atoms with Gasteiger partial charge in [0.15, 0.2) is 0 Å². The monoisotopic (exact) mass is 382 g/mol. The minimum Gasteiger partial charge on any atom is -0.497 e. The highest BCUT2D eigenvalue weighted by Gasteiger charge is 2.18. The Bertz CT molecular complexity index is 817. The normalized spacial score (nSPS) is 16.1. The topological polar surface area (TPSA) is 71.1 Å². The molecule has 6 heteroatoms. The Morgan fingerprint density at radius 1 is 1.07 bits per heavy atom. The van der Waals surface area contributed by atoms with Gasteiger partial charge < -0.3 is 18.9 Å². The number of ether oxygens (including phenoxy) is 4. The standard InChI is InChI=1S/C22H22O6/c1-25-18-9-4-16(5-10-18)6-13-21(23)28-19-11-7-17(8-12-19)22(24)27-15-20-3-2-14-26-20/h4-13,20H,2-3,14-15H2,1H3/b13-6+. The summed E-state index contributed by atoms with van der Waals surface area (Å²) in [5.41, 5.74) is 1.24. The van der Waals surface area contributed by atoms with Gasteiger partial charge in [-0.3, -0.25) is 0 Å². The molecule has 6 nitrogen and oxygen atoms in total. The molecular weight excluding hydrogens is 360 g/mol. The lowest BCUT2D eigenvalue weighted by molar-refractivity contribution is -0.128. The molecule has 3 rings (SSSR count). The van der Waals surface area contributed by atoms with Gasteiger partial charge in [0.25, 0.3) is 0 Å². The molecule has 0 radical (unpaired) electrons. The van der Waals surface area contributed by atoms with Gasteiger partial charge in [0.1, 0.15) is 18.1 Å². The Morgan fingerprint density at radius 2 is 1.79 bits per heavy atom. The zero-order chi connectivity index (χ0) is 19.8. The lowest BCUT2D eigenvalue weighted by Crippen LogP contribution is -2.17. The van der Waals surface area contributed by atoms with Crippen LogP contribution in [0.25, 0.3) is 6.08 Å². The number of esters is 2. The van der Waals surface area contributed by atoms with Crippen molar-refractivity contribution >= 4 is 18.0 Å². The third-order valence-electron chi connectivity index (χ3n) is 4.26. The van der Waals surface area contributed by atoms with Crippen molar-refractivity contribution in [3.8, 4) is 11.5 Å². The molecule has 0 bridgehead atoms. The predicted octanol–water partition coefficient (Wildman–Crippen LogP) is 3.65. The van der Waals surface area contributed by atoms with Crippen molar-refractivity contribution in [2.45, 2.75) is 18.9 Å². The molecule has 1 aliphatic heterocycles. The summed E-state index contributed by atoms with van der Waals surface area (Å²) in [5.74, 6) is 0.159. The van der Waals surface area contributed by atoms with Gasteiger partial charge in [0.2, 0.25) is 0 Å². The van der Waals surface area contributed by atoms with Crippen molar-refractivity contribution in [1.29, 1.82) is 0 Å². The van der Waals surface area contributed by atoms with E-state index in [1.165, 1.54) is 6.08 Å². The number of methoxy groups -OCH3 is 1. The second-order valence-electron chi connectivity index (χ2n) is 6.29. The van der Waals surface area contributed by atoms with E-state index < -0.39 is 11.9 Å². The van der Waals surface area contributed by atoms with E-state index >= 15 is 0 Å². The molecular formula is C22H22O6. The molecule has 0 N–H and O–H groups in total. The van der Waals surface area contributed by atoms with E-state index in [9.17, 15) is 9.59 Å². The Kier molecular flexibility index (Phi) is 6.81. The third kappa shape index (κ3) is 5.69. The summed E-state index contributed by atoms with van der Waals surface area (Å²) in [4.78, 5) is 24.0. The molecule has 1 fully saturated rings. The van der Waals surface area contributed by atoms with Crippen molar-refractivity contribution in [2.24, 2.45) is 0 Å². The molecule has 1 heterocycles. The third-order valence-corrected chi connectivity index (χ3v) is 4.26. The summed E-state index contributed by atoms with van der Waals surface area (Å²) in [5, 5.41) is 0. The molecule has 0 amide bonds. The highest BCUT2D eigenvalue weighted by atomic mass is 16.6. The number of rotatable bonds is 7. The van der Waals surface area contributed by atoms with Crippen molar-refractivity contribution in [2.75, 3.05) is 20.3 Å². The largest absolute Gasteiger partial charge is 0.497 e. The summed E-state index contributed by atoms with van der Waals surface area (Å²) in [6.07, 6.45) is 4.88. The fourth-order valence-corrected chi connectivity index (χ4v) is 2.72. The van der Waals surface area contributed by atoms with Crippen LogP contribution in [0.5, 0.6) is 11.5 Å². The van der Waals surface area contributed by atoms with E-state index in [0.717, 1.165) is 30.8 Å². The second-order valence-corrected chi connectivity index (χ2v) is 6.29. The molecule has 0 aliphatic carbocycles. The Balaban J connectivity index is 1.49. The molecule has 1 aliphatic rings. The van der Waals surface area contributed by atoms with Gasteiger partial charge in [-0.2, -0.15) is 0 Å². The minimum atomic E-state index is -0.510. The van der Waals surface area contributed by atoms with Crippen LogP contribution in [0, 0.1) is 0 Å². The maximum atomic E-state index is 12.0. The van der Waals surface area contributed by atoms with Gasteiger partial charge in [-0.05, 0) is 60.9 Å². The summed E-state index contributed by atoms with van der Waals surface area (Å²) in [7, 11) is 1.59. The van der Waals surface area contributed by atoms with Crippen LogP contribution < -0.4 is 9.47 Å². The van der Waals surface area contributed by atoms with Crippen LogP contribution in [0.2, 0.25) is 0 Å². The van der Waals surface area contributed by atoms with E-state index in [1.807, 2.05) is 24.3 Å². The fourth-order valence-electron chi connectivity index (χ4n) is 2.72. The van der Waals surface area contributed by atoms with Crippen molar-refractivity contribution in [3.05, 3.63) is 65.7 Å². The van der Waals surface area contributed by atoms with Crippen molar-refractivity contribution < 1.29 is 28.5 Å². The molecule has 1 atom stereocenters. The zero-order valence-electron chi connectivity index (χ0n) is 15.6. The molecule has 2 aromatic carbocycles. The van der Waals surface area contributed by atoms with Gasteiger partial charge in [0.05, 0.1) is 18.8 Å². The van der Waals surface area contributed by atoms with Crippen LogP contribution in [0.3, 0.4) is 0 Å². The quantitative estimate of drug-likeness (QED) is 0.414. The first-order valence-corrected chi connectivity index (χ1v) is 9.07. The second kappa shape index (κ2) is 9.71. The van der Waals surface area contributed by atoms with Gasteiger partial charge in [-0.15, -0.1) is 0 Å². The van der Waals surface area contributed by atoms with E-state index in [0.29, 0.717) is 11.3 Å². The minimum absolute atomic E-state index is 0.0123. The summed E-state index contributed by atoms with van der Waals surface area (Å²) in [6.45, 7) is 0.973. The molecule has 28 heavy (non-hydrogen) atoms. The fraction of sp³-hybridized carbons (Fsp3) is 0.273. The first kappa shape index (κ1) is 19.6. The number of hydrogen-bond acceptors (Lipinski definition) is 6. The molecule has 0 spiro atoms. The Labute approximate surface area is 163 Å². The van der Waals surface area contributed by atoms with E-state index in [2.05, 4.69) is 0 Å². The van der Waals surface area contributed by atoms with Crippen LogP contribution in [-0.4, -0.2) is 38.4 Å². The highest BCUT2D eigenvalue weighted by molar-refractivity contribution is 5.90. The molecule has 146 valence electrons. The smallest absolute Gasteiger partial charge is 0.338 e. The lowest BCUT2D eigenvalue weighted by atomic mass is 10.2. The number of benzene rings is 2. The van der Waals surface area contributed by atoms with Gasteiger partial charge in [0, 0.05) is 12.7 Å². The molecule has 1 saturated heterocycles. The summed E-state index contributed by atoms with van der Waals surface area (Å²) in [6, 6.07) is 13.5. The van der Waals surface area contributed by atoms with Crippen molar-refractivity contribution in [1.82, 2.24) is 0 Å². The maximum Gasteiger partial charge on any atom is 0.338 e. The van der Waals surface area contributed by atoms with Gasteiger partial charge in [-0.1, -0.05) is 12.1 Å². The average molecular weight is 382 g/mol. The van der Waals surface area contributed by atoms with E-state index in [4.69, 9.17) is 18.9 Å². The Hall–Kier alpha value is -3.12. The van der Waals surface area contributed by atoms with Crippen LogP contribution in [-0.2, 0) is 14.3 Å². The summed E-state index contributed by atoms with van der Waals surface area (Å²) >= 11 is 0. The van der Waals surface area contributed by atoms with Crippen LogP contribution in [0.4, 0.5) is 0 Å². The van der Waals surface area contributed by atoms with Crippen LogP contribution in [0.1, 0.15) is 28.8 Å². The zero-order valence-corrected chi connectivity index (χ0v) is 15.6. The van der Waals surface area contributed by atoms with E-state index in [1.54, 1.807) is 37.5 Å². The SMILES string of the molecule is COc1ccc(/C=C/C(=O)Oc2ccc(C(=O)OCC3CCCO3)cc2)cc1. The number of carbonyl (C=O) groups is 2. The van der Waals surface area contributed by atoms with Crippen molar-refractivity contribution in [3.63, 3.8) is 0 Å². The maximum absolute atomic E-state index is 12.0. The lowest BCUT2D eigenvalue weighted by Gasteiger charge is -2.10. The Morgan fingerprint density at radius 3 is 2.43 bits per heavy atom. The molecule has 2 aromatic rings.